The van der Waals surface area contributed by atoms with Crippen LogP contribution in [0.3, 0.4) is 0 Å². The van der Waals surface area contributed by atoms with Crippen molar-refractivity contribution in [1.82, 2.24) is 14.3 Å². The number of rotatable bonds is 10. The van der Waals surface area contributed by atoms with Crippen molar-refractivity contribution >= 4 is 32.7 Å². The number of ketones is 1. The highest BCUT2D eigenvalue weighted by Crippen LogP contribution is 2.28. The Morgan fingerprint density at radius 1 is 1.18 bits per heavy atom. The quantitative estimate of drug-likeness (QED) is 0.344. The summed E-state index contributed by atoms with van der Waals surface area (Å²) in [5.41, 5.74) is 1.66. The van der Waals surface area contributed by atoms with Gasteiger partial charge in [0.05, 0.1) is 24.8 Å². The van der Waals surface area contributed by atoms with Gasteiger partial charge >= 0.3 is 5.97 Å². The normalized spacial score (nSPS) is 12.8. The van der Waals surface area contributed by atoms with Crippen LogP contribution in [0.1, 0.15) is 46.0 Å². The third kappa shape index (κ3) is 4.75. The number of hydrogen-bond acceptors (Lipinski definition) is 7. The topological polar surface area (TPSA) is 119 Å². The average Bonchev–Trinajstić information content (AvgIpc) is 3.12. The molecule has 34 heavy (non-hydrogen) atoms. The van der Waals surface area contributed by atoms with Crippen molar-refractivity contribution in [1.29, 1.82) is 0 Å². The maximum Gasteiger partial charge on any atom is 0.355 e. The third-order valence-corrected chi connectivity index (χ3v) is 7.67. The van der Waals surface area contributed by atoms with Crippen LogP contribution in [0.15, 0.2) is 41.4 Å². The number of nitrogens with zero attached hydrogens (tertiary/aromatic N) is 2. The molecule has 0 amide bonds. The van der Waals surface area contributed by atoms with E-state index in [1.807, 2.05) is 0 Å². The smallest absolute Gasteiger partial charge is 0.355 e. The number of sulfonamides is 1. The van der Waals surface area contributed by atoms with Crippen molar-refractivity contribution < 1.29 is 27.5 Å². The van der Waals surface area contributed by atoms with Crippen LogP contribution in [-0.2, 0) is 19.5 Å². The van der Waals surface area contributed by atoms with Gasteiger partial charge in [-0.25, -0.2) is 13.2 Å². The van der Waals surface area contributed by atoms with Crippen LogP contribution in [0.25, 0.3) is 10.9 Å². The molecule has 0 saturated heterocycles. The van der Waals surface area contributed by atoms with Crippen LogP contribution < -0.4 is 0 Å². The molecule has 3 aromatic rings. The maximum absolute atomic E-state index is 13.8. The zero-order valence-electron chi connectivity index (χ0n) is 19.9. The molecule has 1 aromatic carbocycles. The molecule has 1 atom stereocenters. The van der Waals surface area contributed by atoms with E-state index < -0.39 is 27.8 Å². The first-order valence-corrected chi connectivity index (χ1v) is 12.3. The standard InChI is InChI=1S/C24H29N3O6S/c1-6-33-24(29)21-15(2)20(16(3)26-21)23(28)17(4)27(13-14-32-5)34(30,31)19-11-7-9-18-10-8-12-25-22(18)19/h7-12,17,26H,6,13-14H2,1-5H3. The van der Waals surface area contributed by atoms with E-state index in [-0.39, 0.29) is 35.9 Å². The van der Waals surface area contributed by atoms with Crippen molar-refractivity contribution in [2.24, 2.45) is 0 Å². The summed E-state index contributed by atoms with van der Waals surface area (Å²) in [4.78, 5) is 33.0. The molecule has 0 aliphatic heterocycles. The summed E-state index contributed by atoms with van der Waals surface area (Å²) in [6.07, 6.45) is 1.53. The molecule has 3 rings (SSSR count). The Morgan fingerprint density at radius 2 is 1.88 bits per heavy atom. The van der Waals surface area contributed by atoms with Gasteiger partial charge in [0.25, 0.3) is 0 Å². The molecular weight excluding hydrogens is 458 g/mol. The lowest BCUT2D eigenvalue weighted by Gasteiger charge is -2.28. The molecule has 182 valence electrons. The lowest BCUT2D eigenvalue weighted by Crippen LogP contribution is -2.45. The van der Waals surface area contributed by atoms with Crippen LogP contribution in [0.5, 0.6) is 0 Å². The molecule has 1 unspecified atom stereocenters. The fraction of sp³-hybridized carbons (Fsp3) is 0.375. The molecule has 2 heterocycles. The number of methoxy groups -OCH3 is 1. The number of fused-ring (bicyclic) bond motifs is 1. The summed E-state index contributed by atoms with van der Waals surface area (Å²) in [7, 11) is -2.67. The lowest BCUT2D eigenvalue weighted by atomic mass is 10.0. The first-order chi connectivity index (χ1) is 16.1. The van der Waals surface area contributed by atoms with E-state index in [1.165, 1.54) is 26.3 Å². The number of para-hydroxylation sites is 1. The van der Waals surface area contributed by atoms with Crippen molar-refractivity contribution in [3.63, 3.8) is 0 Å². The lowest BCUT2D eigenvalue weighted by molar-refractivity contribution is 0.0519. The highest BCUT2D eigenvalue weighted by molar-refractivity contribution is 7.89. The van der Waals surface area contributed by atoms with Gasteiger partial charge in [0.1, 0.15) is 10.6 Å². The molecule has 0 radical (unpaired) electrons. The number of nitrogens with one attached hydrogen (secondary N) is 1. The molecule has 0 aliphatic carbocycles. The van der Waals surface area contributed by atoms with Crippen LogP contribution >= 0.6 is 0 Å². The van der Waals surface area contributed by atoms with Crippen molar-refractivity contribution in [2.75, 3.05) is 26.9 Å². The molecule has 10 heteroatoms. The third-order valence-electron chi connectivity index (χ3n) is 5.67. The fourth-order valence-corrected chi connectivity index (χ4v) is 5.73. The van der Waals surface area contributed by atoms with Crippen LogP contribution in [0, 0.1) is 13.8 Å². The number of benzene rings is 1. The Labute approximate surface area is 199 Å². The maximum atomic E-state index is 13.8. The molecule has 0 aliphatic rings. The Hall–Kier alpha value is -3.08. The first-order valence-electron chi connectivity index (χ1n) is 10.9. The van der Waals surface area contributed by atoms with Gasteiger partial charge in [-0.2, -0.15) is 4.31 Å². The highest BCUT2D eigenvalue weighted by atomic mass is 32.2. The van der Waals surface area contributed by atoms with Gasteiger partial charge in [-0.05, 0) is 45.4 Å². The SMILES string of the molecule is CCOC(=O)c1[nH]c(C)c(C(=O)C(C)N(CCOC)S(=O)(=O)c2cccc3cccnc23)c1C. The summed E-state index contributed by atoms with van der Waals surface area (Å²) in [6.45, 7) is 6.77. The summed E-state index contributed by atoms with van der Waals surface area (Å²) in [5.74, 6) is -1.00. The minimum atomic E-state index is -4.13. The minimum absolute atomic E-state index is 0.0103. The highest BCUT2D eigenvalue weighted by Gasteiger charge is 2.36. The number of aromatic nitrogens is 2. The van der Waals surface area contributed by atoms with Crippen LogP contribution in [-0.4, -0.2) is 67.4 Å². The number of carbonyl (C=O) groups is 2. The number of H-pyrrole nitrogens is 1. The Bertz CT molecular complexity index is 1310. The largest absolute Gasteiger partial charge is 0.461 e. The monoisotopic (exact) mass is 487 g/mol. The molecule has 0 fully saturated rings. The number of pyridine rings is 1. The summed E-state index contributed by atoms with van der Waals surface area (Å²) >= 11 is 0. The summed E-state index contributed by atoms with van der Waals surface area (Å²) in [6, 6.07) is 7.34. The number of Topliss-reactive ketones (excluding diaryl/α,β-unsaturated/α-hetero) is 1. The summed E-state index contributed by atoms with van der Waals surface area (Å²) in [5, 5.41) is 0.672. The second kappa shape index (κ2) is 10.5. The van der Waals surface area contributed by atoms with Gasteiger partial charge in [0.15, 0.2) is 5.78 Å². The Balaban J connectivity index is 2.06. The van der Waals surface area contributed by atoms with Crippen molar-refractivity contribution in [3.05, 3.63) is 59.0 Å². The van der Waals surface area contributed by atoms with E-state index in [0.29, 0.717) is 22.2 Å². The van der Waals surface area contributed by atoms with Gasteiger partial charge in [-0.3, -0.25) is 9.78 Å². The molecule has 0 saturated carbocycles. The van der Waals surface area contributed by atoms with E-state index in [4.69, 9.17) is 9.47 Å². The second-order valence-corrected chi connectivity index (χ2v) is 9.68. The fourth-order valence-electron chi connectivity index (χ4n) is 3.98. The number of ether oxygens (including phenoxy) is 2. The Morgan fingerprint density at radius 3 is 2.56 bits per heavy atom. The molecule has 0 bridgehead atoms. The zero-order chi connectivity index (χ0) is 25.0. The predicted molar refractivity (Wildman–Crippen MR) is 128 cm³/mol. The average molecular weight is 488 g/mol. The van der Waals surface area contributed by atoms with Gasteiger partial charge in [0, 0.05) is 36.5 Å². The van der Waals surface area contributed by atoms with E-state index in [1.54, 1.807) is 45.0 Å². The summed E-state index contributed by atoms with van der Waals surface area (Å²) < 4.78 is 38.9. The molecule has 0 spiro atoms. The van der Waals surface area contributed by atoms with E-state index >= 15 is 0 Å². The minimum Gasteiger partial charge on any atom is -0.461 e. The molecular formula is C24H29N3O6S. The van der Waals surface area contributed by atoms with Crippen LogP contribution in [0.2, 0.25) is 0 Å². The van der Waals surface area contributed by atoms with Crippen LogP contribution in [0.4, 0.5) is 0 Å². The molecule has 1 N–H and O–H groups in total. The van der Waals surface area contributed by atoms with E-state index in [0.717, 1.165) is 4.31 Å². The Kier molecular flexibility index (Phi) is 7.86. The van der Waals surface area contributed by atoms with E-state index in [9.17, 15) is 18.0 Å². The number of aromatic amines is 1. The number of aryl methyl sites for hydroxylation is 1. The number of hydrogen-bond donors (Lipinski definition) is 1. The van der Waals surface area contributed by atoms with Crippen molar-refractivity contribution in [2.45, 2.75) is 38.6 Å². The first kappa shape index (κ1) is 25.5. The second-order valence-electron chi connectivity index (χ2n) is 7.83. The molecule has 2 aromatic heterocycles. The van der Waals surface area contributed by atoms with Gasteiger partial charge < -0.3 is 14.5 Å². The zero-order valence-corrected chi connectivity index (χ0v) is 20.7. The molecule has 9 nitrogen and oxygen atoms in total. The van der Waals surface area contributed by atoms with Gasteiger partial charge in [-0.1, -0.05) is 18.2 Å². The van der Waals surface area contributed by atoms with Gasteiger partial charge in [-0.15, -0.1) is 0 Å². The van der Waals surface area contributed by atoms with E-state index in [2.05, 4.69) is 9.97 Å². The number of esters is 1. The predicted octanol–water partition coefficient (Wildman–Crippen LogP) is 3.26. The number of carbonyl (C=O) groups excluding carboxylic acids is 2. The van der Waals surface area contributed by atoms with Gasteiger partial charge in [0.2, 0.25) is 10.0 Å². The van der Waals surface area contributed by atoms with Crippen molar-refractivity contribution in [3.8, 4) is 0 Å².